The minimum Gasteiger partial charge on any atom is -0.370 e. The molecule has 4 rings (SSSR count). The number of H-pyrrole nitrogens is 1. The Kier molecular flexibility index (Phi) is 5.99. The summed E-state index contributed by atoms with van der Waals surface area (Å²) in [5.74, 6) is 0. The summed E-state index contributed by atoms with van der Waals surface area (Å²) in [4.78, 5) is 23.7. The van der Waals surface area contributed by atoms with Gasteiger partial charge in [-0.1, -0.05) is 36.8 Å². The molecule has 0 aliphatic carbocycles. The zero-order valence-electron chi connectivity index (χ0n) is 16.1. The summed E-state index contributed by atoms with van der Waals surface area (Å²) in [6.45, 7) is 7.51. The van der Waals surface area contributed by atoms with Gasteiger partial charge in [0, 0.05) is 11.9 Å². The molecule has 0 unspecified atom stereocenters. The van der Waals surface area contributed by atoms with Gasteiger partial charge in [-0.15, -0.1) is 0 Å². The predicted octanol–water partition coefficient (Wildman–Crippen LogP) is 1.06. The summed E-state index contributed by atoms with van der Waals surface area (Å²) in [7, 11) is 0. The van der Waals surface area contributed by atoms with Crippen molar-refractivity contribution in [1.82, 2.24) is 14.8 Å². The van der Waals surface area contributed by atoms with Crippen molar-refractivity contribution in [2.24, 2.45) is 4.99 Å². The van der Waals surface area contributed by atoms with E-state index < -0.39 is 0 Å². The fourth-order valence-electron chi connectivity index (χ4n) is 3.45. The molecule has 2 aromatic heterocycles. The fourth-order valence-corrected chi connectivity index (χ4v) is 4.37. The molecule has 28 heavy (non-hydrogen) atoms. The smallest absolute Gasteiger partial charge is 0.282 e. The standard InChI is InChI=1S/C20H25N5O2S/c1-2-5-16-15(14-21-8-9-24-10-12-27-13-11-24)19(26)25(23-16)20-22-17-6-3-4-7-18(17)28-20/h3-4,6-7,14,23H,2,5,8-13H2,1H3/p+1. The third kappa shape index (κ3) is 4.09. The average Bonchev–Trinajstić information content (AvgIpc) is 3.28. The summed E-state index contributed by atoms with van der Waals surface area (Å²) in [6.07, 6.45) is 3.51. The SMILES string of the molecule is CCCc1[nH]n(-c2nc3ccccc3s2)c(=O)c1C=NCC[NH+]1CCOCC1. The van der Waals surface area contributed by atoms with Crippen LogP contribution in [0.25, 0.3) is 15.3 Å². The number of aliphatic imine (C=N–C) groups is 1. The maximum Gasteiger partial charge on any atom is 0.282 e. The number of quaternary nitrogens is 1. The first-order valence-electron chi connectivity index (χ1n) is 9.87. The lowest BCUT2D eigenvalue weighted by Gasteiger charge is -2.22. The Hall–Kier alpha value is -2.29. The van der Waals surface area contributed by atoms with Gasteiger partial charge in [-0.05, 0) is 18.6 Å². The molecule has 0 radical (unpaired) electrons. The number of hydrogen-bond acceptors (Lipinski definition) is 5. The molecular weight excluding hydrogens is 374 g/mol. The van der Waals surface area contributed by atoms with Crippen LogP contribution in [0, 0.1) is 0 Å². The van der Waals surface area contributed by atoms with E-state index in [2.05, 4.69) is 22.0 Å². The molecule has 0 atom stereocenters. The molecule has 148 valence electrons. The molecule has 7 nitrogen and oxygen atoms in total. The fraction of sp³-hybridized carbons (Fsp3) is 0.450. The van der Waals surface area contributed by atoms with Crippen LogP contribution in [0.2, 0.25) is 0 Å². The maximum atomic E-state index is 13.0. The molecule has 0 spiro atoms. The molecule has 0 bridgehead atoms. The van der Waals surface area contributed by atoms with Crippen molar-refractivity contribution >= 4 is 27.8 Å². The first-order valence-corrected chi connectivity index (χ1v) is 10.7. The van der Waals surface area contributed by atoms with Gasteiger partial charge in [0.25, 0.3) is 5.56 Å². The van der Waals surface area contributed by atoms with Gasteiger partial charge in [-0.25, -0.2) is 4.98 Å². The molecule has 1 aliphatic heterocycles. The van der Waals surface area contributed by atoms with Gasteiger partial charge in [0.1, 0.15) is 13.1 Å². The Labute approximate surface area is 167 Å². The van der Waals surface area contributed by atoms with Crippen LogP contribution in [0.5, 0.6) is 0 Å². The highest BCUT2D eigenvalue weighted by molar-refractivity contribution is 7.20. The van der Waals surface area contributed by atoms with Crippen molar-refractivity contribution in [2.45, 2.75) is 19.8 Å². The topological polar surface area (TPSA) is 76.7 Å². The number of rotatable bonds is 7. The summed E-state index contributed by atoms with van der Waals surface area (Å²) >= 11 is 1.51. The van der Waals surface area contributed by atoms with E-state index in [-0.39, 0.29) is 5.56 Å². The predicted molar refractivity (Wildman–Crippen MR) is 112 cm³/mol. The summed E-state index contributed by atoms with van der Waals surface area (Å²) in [6, 6.07) is 7.93. The van der Waals surface area contributed by atoms with E-state index in [1.807, 2.05) is 24.3 Å². The zero-order valence-corrected chi connectivity index (χ0v) is 16.9. The number of thiazole rings is 1. The van der Waals surface area contributed by atoms with E-state index in [0.717, 1.165) is 61.6 Å². The van der Waals surface area contributed by atoms with Crippen molar-refractivity contribution in [1.29, 1.82) is 0 Å². The van der Waals surface area contributed by atoms with Crippen LogP contribution >= 0.6 is 11.3 Å². The number of nitrogens with one attached hydrogen (secondary N) is 2. The molecule has 0 saturated carbocycles. The number of para-hydroxylation sites is 1. The van der Waals surface area contributed by atoms with Crippen LogP contribution in [0.4, 0.5) is 0 Å². The number of hydrogen-bond donors (Lipinski definition) is 2. The van der Waals surface area contributed by atoms with Gasteiger partial charge in [0.15, 0.2) is 0 Å². The van der Waals surface area contributed by atoms with Gasteiger partial charge >= 0.3 is 0 Å². The minimum atomic E-state index is -0.0787. The molecule has 1 saturated heterocycles. The molecule has 2 N–H and O–H groups in total. The molecule has 0 amide bonds. The number of nitrogens with zero attached hydrogens (tertiary/aromatic N) is 3. The van der Waals surface area contributed by atoms with Gasteiger partial charge in [-0.3, -0.25) is 14.9 Å². The molecule has 1 aliphatic rings. The number of fused-ring (bicyclic) bond motifs is 1. The third-order valence-electron chi connectivity index (χ3n) is 4.99. The number of morpholine rings is 1. The minimum absolute atomic E-state index is 0.0787. The number of ether oxygens (including phenoxy) is 1. The normalized spacial score (nSPS) is 15.8. The third-order valence-corrected chi connectivity index (χ3v) is 6.02. The van der Waals surface area contributed by atoms with Crippen LogP contribution < -0.4 is 10.5 Å². The number of aromatic amines is 1. The molecule has 8 heteroatoms. The molecule has 3 aromatic rings. The Morgan fingerprint density at radius 3 is 2.96 bits per heavy atom. The Morgan fingerprint density at radius 1 is 1.36 bits per heavy atom. The van der Waals surface area contributed by atoms with Crippen molar-refractivity contribution in [3.05, 3.63) is 45.9 Å². The Bertz CT molecular complexity index is 980. The van der Waals surface area contributed by atoms with Gasteiger partial charge in [0.2, 0.25) is 5.13 Å². The van der Waals surface area contributed by atoms with E-state index in [9.17, 15) is 4.79 Å². The summed E-state index contributed by atoms with van der Waals surface area (Å²) < 4.78 is 8.02. The van der Waals surface area contributed by atoms with Crippen LogP contribution in [0.1, 0.15) is 24.6 Å². The van der Waals surface area contributed by atoms with Gasteiger partial charge in [-0.2, -0.15) is 4.68 Å². The van der Waals surface area contributed by atoms with Gasteiger partial charge < -0.3 is 9.64 Å². The second-order valence-corrected chi connectivity index (χ2v) is 8.02. The van der Waals surface area contributed by atoms with Crippen molar-refractivity contribution in [3.63, 3.8) is 0 Å². The Morgan fingerprint density at radius 2 is 2.18 bits per heavy atom. The Balaban J connectivity index is 1.56. The highest BCUT2D eigenvalue weighted by Crippen LogP contribution is 2.23. The maximum absolute atomic E-state index is 13.0. The lowest BCUT2D eigenvalue weighted by Crippen LogP contribution is -3.14. The summed E-state index contributed by atoms with van der Waals surface area (Å²) in [5.41, 5.74) is 2.40. The van der Waals surface area contributed by atoms with Crippen LogP contribution in [-0.4, -0.2) is 60.4 Å². The molecular formula is C20H26N5O2S+. The van der Waals surface area contributed by atoms with Crippen LogP contribution in [-0.2, 0) is 11.2 Å². The number of aromatic nitrogens is 3. The largest absolute Gasteiger partial charge is 0.370 e. The highest BCUT2D eigenvalue weighted by atomic mass is 32.1. The second kappa shape index (κ2) is 8.81. The van der Waals surface area contributed by atoms with E-state index in [4.69, 9.17) is 4.74 Å². The molecule has 3 heterocycles. The van der Waals surface area contributed by atoms with Crippen molar-refractivity contribution in [2.75, 3.05) is 39.4 Å². The van der Waals surface area contributed by atoms with Crippen LogP contribution in [0.3, 0.4) is 0 Å². The van der Waals surface area contributed by atoms with E-state index >= 15 is 0 Å². The lowest BCUT2D eigenvalue weighted by molar-refractivity contribution is -0.906. The van der Waals surface area contributed by atoms with E-state index in [1.54, 1.807) is 10.9 Å². The zero-order chi connectivity index (χ0) is 19.3. The van der Waals surface area contributed by atoms with Gasteiger partial charge in [0.05, 0.1) is 42.1 Å². The first-order chi connectivity index (χ1) is 13.8. The first kappa shape index (κ1) is 19.0. The van der Waals surface area contributed by atoms with Crippen LogP contribution in [0.15, 0.2) is 34.1 Å². The second-order valence-electron chi connectivity index (χ2n) is 7.01. The van der Waals surface area contributed by atoms with Crippen molar-refractivity contribution < 1.29 is 9.64 Å². The average molecular weight is 401 g/mol. The molecule has 1 fully saturated rings. The lowest BCUT2D eigenvalue weighted by atomic mass is 10.2. The summed E-state index contributed by atoms with van der Waals surface area (Å²) in [5, 5.41) is 3.93. The highest BCUT2D eigenvalue weighted by Gasteiger charge is 2.16. The monoisotopic (exact) mass is 400 g/mol. The van der Waals surface area contributed by atoms with E-state index in [1.165, 1.54) is 16.2 Å². The number of aryl methyl sites for hydroxylation is 1. The molecule has 1 aromatic carbocycles. The van der Waals surface area contributed by atoms with E-state index in [0.29, 0.717) is 17.2 Å². The quantitative estimate of drug-likeness (QED) is 0.583. The number of benzene rings is 1. The van der Waals surface area contributed by atoms with Crippen molar-refractivity contribution in [3.8, 4) is 5.13 Å².